The maximum atomic E-state index is 11.8. The number of carbonyl (C=O) groups excluding carboxylic acids is 1. The highest BCUT2D eigenvalue weighted by Crippen LogP contribution is 2.13. The number of aromatic nitrogens is 1. The van der Waals surface area contributed by atoms with Crippen LogP contribution in [0.25, 0.3) is 0 Å². The molecule has 0 spiro atoms. The van der Waals surface area contributed by atoms with Crippen molar-refractivity contribution in [2.75, 3.05) is 0 Å². The van der Waals surface area contributed by atoms with Crippen LogP contribution in [0, 0.1) is 0 Å². The van der Waals surface area contributed by atoms with E-state index in [2.05, 4.69) is 20.9 Å². The van der Waals surface area contributed by atoms with Gasteiger partial charge in [-0.2, -0.15) is 0 Å². The van der Waals surface area contributed by atoms with Crippen LogP contribution in [0.2, 0.25) is 0 Å². The van der Waals surface area contributed by atoms with Crippen LogP contribution in [0.1, 0.15) is 15.9 Å². The number of nitrogens with one attached hydrogen (secondary N) is 1. The van der Waals surface area contributed by atoms with Crippen LogP contribution in [0.5, 0.6) is 0 Å². The van der Waals surface area contributed by atoms with E-state index in [-0.39, 0.29) is 5.78 Å². The van der Waals surface area contributed by atoms with Gasteiger partial charge in [0.25, 0.3) is 0 Å². The first-order chi connectivity index (χ1) is 7.25. The zero-order valence-corrected chi connectivity index (χ0v) is 9.62. The predicted octanol–water partition coefficient (Wildman–Crippen LogP) is 3.20. The Labute approximate surface area is 96.5 Å². The number of benzene rings is 1. The molecule has 0 saturated carbocycles. The Morgan fingerprint density at radius 2 is 2.20 bits per heavy atom. The number of hydrogen-bond donors (Lipinski definition) is 1. The molecule has 1 heterocycles. The van der Waals surface area contributed by atoms with Crippen molar-refractivity contribution in [2.45, 2.75) is 6.42 Å². The van der Waals surface area contributed by atoms with Crippen LogP contribution in [-0.4, -0.2) is 10.8 Å². The first kappa shape index (κ1) is 10.2. The van der Waals surface area contributed by atoms with E-state index in [4.69, 9.17) is 0 Å². The molecule has 0 aliphatic carbocycles. The van der Waals surface area contributed by atoms with Gasteiger partial charge < -0.3 is 4.98 Å². The summed E-state index contributed by atoms with van der Waals surface area (Å²) in [4.78, 5) is 14.6. The Balaban J connectivity index is 2.13. The summed E-state index contributed by atoms with van der Waals surface area (Å²) in [6.07, 6.45) is 3.92. The molecule has 76 valence electrons. The predicted molar refractivity (Wildman–Crippen MR) is 63.0 cm³/mol. The highest BCUT2D eigenvalue weighted by atomic mass is 79.9. The van der Waals surface area contributed by atoms with Crippen LogP contribution in [0.3, 0.4) is 0 Å². The molecule has 0 unspecified atom stereocenters. The van der Waals surface area contributed by atoms with Crippen molar-refractivity contribution in [2.24, 2.45) is 0 Å². The molecular weight excluding hydrogens is 254 g/mol. The Morgan fingerprint density at radius 1 is 1.33 bits per heavy atom. The fourth-order valence-corrected chi connectivity index (χ4v) is 1.88. The zero-order valence-electron chi connectivity index (χ0n) is 8.03. The topological polar surface area (TPSA) is 32.9 Å². The number of rotatable bonds is 3. The second-order valence-electron chi connectivity index (χ2n) is 3.33. The first-order valence-electron chi connectivity index (χ1n) is 4.66. The molecule has 0 atom stereocenters. The summed E-state index contributed by atoms with van der Waals surface area (Å²) >= 11 is 3.38. The lowest BCUT2D eigenvalue weighted by Crippen LogP contribution is -2.01. The number of carbonyl (C=O) groups is 1. The summed E-state index contributed by atoms with van der Waals surface area (Å²) < 4.78 is 1.00. The molecule has 0 radical (unpaired) electrons. The number of ketones is 1. The summed E-state index contributed by atoms with van der Waals surface area (Å²) in [5.41, 5.74) is 1.76. The fraction of sp³-hybridized carbons (Fsp3) is 0.0833. The molecule has 0 aliphatic heterocycles. The van der Waals surface area contributed by atoms with Gasteiger partial charge in [-0.25, -0.2) is 0 Å². The van der Waals surface area contributed by atoms with Gasteiger partial charge in [0.2, 0.25) is 0 Å². The summed E-state index contributed by atoms with van der Waals surface area (Å²) in [7, 11) is 0. The van der Waals surface area contributed by atoms with E-state index in [0.29, 0.717) is 6.42 Å². The average Bonchev–Trinajstić information content (AvgIpc) is 2.70. The largest absolute Gasteiger partial charge is 0.367 e. The van der Waals surface area contributed by atoms with Gasteiger partial charge in [-0.05, 0) is 23.8 Å². The number of Topliss-reactive ketones (excluding diaryl/α,β-unsaturated/α-hetero) is 1. The van der Waals surface area contributed by atoms with Gasteiger partial charge >= 0.3 is 0 Å². The molecule has 0 amide bonds. The van der Waals surface area contributed by atoms with Gasteiger partial charge in [0.15, 0.2) is 5.78 Å². The van der Waals surface area contributed by atoms with Crippen molar-refractivity contribution in [1.82, 2.24) is 4.98 Å². The van der Waals surface area contributed by atoms with Crippen molar-refractivity contribution >= 4 is 21.7 Å². The second kappa shape index (κ2) is 4.45. The fourth-order valence-electron chi connectivity index (χ4n) is 1.43. The van der Waals surface area contributed by atoms with Gasteiger partial charge in [0.1, 0.15) is 0 Å². The lowest BCUT2D eigenvalue weighted by atomic mass is 10.1. The van der Waals surface area contributed by atoms with E-state index in [1.165, 1.54) is 0 Å². The minimum atomic E-state index is 0.134. The van der Waals surface area contributed by atoms with E-state index in [1.807, 2.05) is 24.3 Å². The van der Waals surface area contributed by atoms with Crippen LogP contribution in [0.4, 0.5) is 0 Å². The standard InChI is InChI=1S/C12H10BrNO/c13-11-3-1-2-9(6-11)7-12(15)10-4-5-14-8-10/h1-6,8,14H,7H2. The molecule has 2 aromatic rings. The van der Waals surface area contributed by atoms with Crippen molar-refractivity contribution in [3.8, 4) is 0 Å². The maximum absolute atomic E-state index is 11.8. The van der Waals surface area contributed by atoms with Crippen molar-refractivity contribution in [3.63, 3.8) is 0 Å². The molecule has 3 heteroatoms. The number of aromatic amines is 1. The highest BCUT2D eigenvalue weighted by Gasteiger charge is 2.06. The first-order valence-corrected chi connectivity index (χ1v) is 5.45. The van der Waals surface area contributed by atoms with Gasteiger partial charge in [-0.3, -0.25) is 4.79 Å². The average molecular weight is 264 g/mol. The van der Waals surface area contributed by atoms with E-state index >= 15 is 0 Å². The summed E-state index contributed by atoms with van der Waals surface area (Å²) in [5, 5.41) is 0. The Bertz CT molecular complexity index is 462. The molecule has 0 saturated heterocycles. The van der Waals surface area contributed by atoms with Gasteiger partial charge in [0, 0.05) is 28.9 Å². The van der Waals surface area contributed by atoms with Crippen molar-refractivity contribution in [1.29, 1.82) is 0 Å². The molecule has 1 N–H and O–H groups in total. The molecule has 1 aromatic heterocycles. The normalized spacial score (nSPS) is 10.2. The Morgan fingerprint density at radius 3 is 2.87 bits per heavy atom. The third kappa shape index (κ3) is 2.57. The molecule has 2 rings (SSSR count). The molecule has 0 bridgehead atoms. The smallest absolute Gasteiger partial charge is 0.168 e. The molecule has 15 heavy (non-hydrogen) atoms. The summed E-state index contributed by atoms with van der Waals surface area (Å²) in [6.45, 7) is 0. The minimum Gasteiger partial charge on any atom is -0.367 e. The van der Waals surface area contributed by atoms with Gasteiger partial charge in [-0.1, -0.05) is 28.1 Å². The third-order valence-corrected chi connectivity index (χ3v) is 2.67. The number of hydrogen-bond acceptors (Lipinski definition) is 1. The zero-order chi connectivity index (χ0) is 10.7. The molecule has 0 aliphatic rings. The Hall–Kier alpha value is -1.35. The van der Waals surface area contributed by atoms with Gasteiger partial charge in [0.05, 0.1) is 0 Å². The summed E-state index contributed by atoms with van der Waals surface area (Å²) in [5.74, 6) is 0.134. The maximum Gasteiger partial charge on any atom is 0.168 e. The van der Waals surface area contributed by atoms with Crippen LogP contribution < -0.4 is 0 Å². The number of halogens is 1. The van der Waals surface area contributed by atoms with E-state index in [1.54, 1.807) is 18.5 Å². The lowest BCUT2D eigenvalue weighted by Gasteiger charge is -1.99. The SMILES string of the molecule is O=C(Cc1cccc(Br)c1)c1cc[nH]c1. The van der Waals surface area contributed by atoms with Crippen molar-refractivity contribution < 1.29 is 4.79 Å². The lowest BCUT2D eigenvalue weighted by molar-refractivity contribution is 0.0993. The van der Waals surface area contributed by atoms with Gasteiger partial charge in [-0.15, -0.1) is 0 Å². The van der Waals surface area contributed by atoms with Crippen molar-refractivity contribution in [3.05, 3.63) is 58.3 Å². The molecule has 2 nitrogen and oxygen atoms in total. The molecule has 1 aromatic carbocycles. The molecular formula is C12H10BrNO. The van der Waals surface area contributed by atoms with Crippen LogP contribution in [0.15, 0.2) is 47.2 Å². The minimum absolute atomic E-state index is 0.134. The second-order valence-corrected chi connectivity index (χ2v) is 4.25. The molecule has 0 fully saturated rings. The van der Waals surface area contributed by atoms with Crippen LogP contribution >= 0.6 is 15.9 Å². The quantitative estimate of drug-likeness (QED) is 0.848. The van der Waals surface area contributed by atoms with E-state index < -0.39 is 0 Å². The Kier molecular flexibility index (Phi) is 3.02. The van der Waals surface area contributed by atoms with Crippen LogP contribution in [-0.2, 0) is 6.42 Å². The van der Waals surface area contributed by atoms with E-state index in [0.717, 1.165) is 15.6 Å². The number of H-pyrrole nitrogens is 1. The third-order valence-electron chi connectivity index (χ3n) is 2.17. The monoisotopic (exact) mass is 263 g/mol. The summed E-state index contributed by atoms with van der Waals surface area (Å²) in [6, 6.07) is 9.59. The van der Waals surface area contributed by atoms with E-state index in [9.17, 15) is 4.79 Å². The highest BCUT2D eigenvalue weighted by molar-refractivity contribution is 9.10.